The van der Waals surface area contributed by atoms with Crippen LogP contribution >= 0.6 is 15.9 Å². The van der Waals surface area contributed by atoms with Gasteiger partial charge in [0.05, 0.1) is 0 Å². The Hall–Kier alpha value is -2.39. The first-order chi connectivity index (χ1) is 11.7. The number of carbonyl (C=O) groups excluding carboxylic acids is 1. The van der Waals surface area contributed by atoms with Crippen molar-refractivity contribution in [2.24, 2.45) is 0 Å². The van der Waals surface area contributed by atoms with E-state index in [1.807, 2.05) is 72.8 Å². The largest absolute Gasteiger partial charge is 0.457 e. The minimum Gasteiger partial charge on any atom is -0.457 e. The number of para-hydroxylation sites is 2. The van der Waals surface area contributed by atoms with Crippen molar-refractivity contribution in [3.8, 4) is 11.5 Å². The second kappa shape index (κ2) is 6.25. The number of hydrogen-bond donors (Lipinski definition) is 0. The number of ether oxygens (including phenoxy) is 1. The van der Waals surface area contributed by atoms with Gasteiger partial charge in [-0.2, -0.15) is 0 Å². The first-order valence-corrected chi connectivity index (χ1v) is 8.66. The number of ketones is 1. The number of halogens is 1. The molecule has 0 spiro atoms. The standard InChI is InChI=1S/C21H15BrO2/c22-15-11-9-14(10-12-15)19(23)13-18-16-5-1-3-7-20(16)24-21-8-4-2-6-17(18)21/h1-12,18H,13H2. The molecule has 3 aromatic rings. The third-order valence-corrected chi connectivity index (χ3v) is 4.89. The molecular formula is C21H15BrO2. The van der Waals surface area contributed by atoms with Crippen molar-refractivity contribution >= 4 is 21.7 Å². The lowest BCUT2D eigenvalue weighted by Crippen LogP contribution is -2.14. The van der Waals surface area contributed by atoms with E-state index in [-0.39, 0.29) is 11.7 Å². The van der Waals surface area contributed by atoms with Gasteiger partial charge in [0.25, 0.3) is 0 Å². The molecule has 0 aromatic heterocycles. The Bertz CT molecular complexity index is 854. The summed E-state index contributed by atoms with van der Waals surface area (Å²) in [6.45, 7) is 0. The molecule has 0 saturated carbocycles. The monoisotopic (exact) mass is 378 g/mol. The van der Waals surface area contributed by atoms with Gasteiger partial charge in [0.1, 0.15) is 11.5 Å². The minimum atomic E-state index is 0.0160. The summed E-state index contributed by atoms with van der Waals surface area (Å²) in [5.74, 6) is 1.83. The zero-order chi connectivity index (χ0) is 16.5. The fourth-order valence-electron chi connectivity index (χ4n) is 3.17. The Balaban J connectivity index is 1.72. The van der Waals surface area contributed by atoms with Crippen LogP contribution in [0, 0.1) is 0 Å². The van der Waals surface area contributed by atoms with Gasteiger partial charge in [-0.3, -0.25) is 4.79 Å². The molecular weight excluding hydrogens is 364 g/mol. The molecule has 1 aliphatic heterocycles. The summed E-state index contributed by atoms with van der Waals surface area (Å²) in [5, 5.41) is 0. The smallest absolute Gasteiger partial charge is 0.163 e. The summed E-state index contributed by atoms with van der Waals surface area (Å²) >= 11 is 3.41. The van der Waals surface area contributed by atoms with E-state index in [1.165, 1.54) is 0 Å². The van der Waals surface area contributed by atoms with E-state index in [9.17, 15) is 4.79 Å². The molecule has 0 amide bonds. The average Bonchev–Trinajstić information content (AvgIpc) is 2.62. The predicted octanol–water partition coefficient (Wildman–Crippen LogP) is 5.96. The first kappa shape index (κ1) is 15.2. The lowest BCUT2D eigenvalue weighted by atomic mass is 9.83. The van der Waals surface area contributed by atoms with Gasteiger partial charge in [0.15, 0.2) is 5.78 Å². The molecule has 3 aromatic carbocycles. The van der Waals surface area contributed by atoms with E-state index in [2.05, 4.69) is 15.9 Å². The average molecular weight is 379 g/mol. The Kier molecular flexibility index (Phi) is 3.95. The summed E-state index contributed by atoms with van der Waals surface area (Å²) < 4.78 is 6.97. The summed E-state index contributed by atoms with van der Waals surface area (Å²) in [5.41, 5.74) is 2.88. The van der Waals surface area contributed by atoms with Crippen molar-refractivity contribution in [3.05, 3.63) is 94.0 Å². The Morgan fingerprint density at radius 3 is 1.96 bits per heavy atom. The Morgan fingerprint density at radius 1 is 0.833 bits per heavy atom. The van der Waals surface area contributed by atoms with Gasteiger partial charge in [-0.1, -0.05) is 64.5 Å². The third-order valence-electron chi connectivity index (χ3n) is 4.36. The summed E-state index contributed by atoms with van der Waals surface area (Å²) in [4.78, 5) is 12.8. The lowest BCUT2D eigenvalue weighted by Gasteiger charge is -2.27. The normalized spacial score (nSPS) is 12.9. The van der Waals surface area contributed by atoms with Crippen molar-refractivity contribution in [2.75, 3.05) is 0 Å². The van der Waals surface area contributed by atoms with Crippen LogP contribution in [0.3, 0.4) is 0 Å². The fraction of sp³-hybridized carbons (Fsp3) is 0.0952. The van der Waals surface area contributed by atoms with Gasteiger partial charge in [-0.05, 0) is 24.3 Å². The van der Waals surface area contributed by atoms with Crippen LogP contribution in [0.15, 0.2) is 77.3 Å². The molecule has 0 saturated heterocycles. The summed E-state index contributed by atoms with van der Waals surface area (Å²) in [6, 6.07) is 23.5. The van der Waals surface area contributed by atoms with Crippen LogP contribution < -0.4 is 4.74 Å². The maximum Gasteiger partial charge on any atom is 0.163 e. The van der Waals surface area contributed by atoms with Crippen LogP contribution in [0.2, 0.25) is 0 Å². The lowest BCUT2D eigenvalue weighted by molar-refractivity contribution is 0.0976. The number of carbonyl (C=O) groups is 1. The molecule has 0 bridgehead atoms. The van der Waals surface area contributed by atoms with Crippen LogP contribution in [0.1, 0.15) is 33.8 Å². The predicted molar refractivity (Wildman–Crippen MR) is 97.9 cm³/mol. The van der Waals surface area contributed by atoms with E-state index in [0.717, 1.165) is 32.7 Å². The first-order valence-electron chi connectivity index (χ1n) is 7.87. The van der Waals surface area contributed by atoms with Gasteiger partial charge in [0, 0.05) is 33.5 Å². The summed E-state index contributed by atoms with van der Waals surface area (Å²) in [7, 11) is 0. The molecule has 0 unspecified atom stereocenters. The molecule has 24 heavy (non-hydrogen) atoms. The van der Waals surface area contributed by atoms with Crippen LogP contribution in [-0.2, 0) is 0 Å². The number of rotatable bonds is 3. The molecule has 2 nitrogen and oxygen atoms in total. The molecule has 118 valence electrons. The van der Waals surface area contributed by atoms with E-state index in [4.69, 9.17) is 4.74 Å². The highest BCUT2D eigenvalue weighted by molar-refractivity contribution is 9.10. The van der Waals surface area contributed by atoms with Crippen molar-refractivity contribution in [1.29, 1.82) is 0 Å². The van der Waals surface area contributed by atoms with Crippen LogP contribution in [-0.4, -0.2) is 5.78 Å². The Morgan fingerprint density at radius 2 is 1.38 bits per heavy atom. The second-order valence-corrected chi connectivity index (χ2v) is 6.78. The second-order valence-electron chi connectivity index (χ2n) is 5.86. The molecule has 0 radical (unpaired) electrons. The topological polar surface area (TPSA) is 26.3 Å². The van der Waals surface area contributed by atoms with Gasteiger partial charge < -0.3 is 4.74 Å². The molecule has 0 aliphatic carbocycles. The van der Waals surface area contributed by atoms with Crippen molar-refractivity contribution in [2.45, 2.75) is 12.3 Å². The third kappa shape index (κ3) is 2.76. The van der Waals surface area contributed by atoms with Crippen molar-refractivity contribution < 1.29 is 9.53 Å². The fourth-order valence-corrected chi connectivity index (χ4v) is 3.43. The highest BCUT2D eigenvalue weighted by Gasteiger charge is 2.28. The molecule has 1 aliphatic rings. The number of hydrogen-bond acceptors (Lipinski definition) is 2. The molecule has 3 heteroatoms. The zero-order valence-corrected chi connectivity index (χ0v) is 14.5. The van der Waals surface area contributed by atoms with E-state index >= 15 is 0 Å². The highest BCUT2D eigenvalue weighted by Crippen LogP contribution is 2.45. The zero-order valence-electron chi connectivity index (χ0n) is 12.9. The van der Waals surface area contributed by atoms with Crippen LogP contribution in [0.5, 0.6) is 11.5 Å². The summed E-state index contributed by atoms with van der Waals surface area (Å²) in [6.07, 6.45) is 0.430. The van der Waals surface area contributed by atoms with Crippen LogP contribution in [0.4, 0.5) is 0 Å². The van der Waals surface area contributed by atoms with Crippen molar-refractivity contribution in [3.63, 3.8) is 0 Å². The van der Waals surface area contributed by atoms with E-state index < -0.39 is 0 Å². The van der Waals surface area contributed by atoms with E-state index in [0.29, 0.717) is 6.42 Å². The van der Waals surface area contributed by atoms with Gasteiger partial charge in [0.2, 0.25) is 0 Å². The number of fused-ring (bicyclic) bond motifs is 2. The molecule has 0 fully saturated rings. The van der Waals surface area contributed by atoms with Crippen molar-refractivity contribution in [1.82, 2.24) is 0 Å². The maximum absolute atomic E-state index is 12.8. The van der Waals surface area contributed by atoms with Gasteiger partial charge in [-0.15, -0.1) is 0 Å². The molecule has 1 heterocycles. The highest BCUT2D eigenvalue weighted by atomic mass is 79.9. The Labute approximate surface area is 149 Å². The minimum absolute atomic E-state index is 0.0160. The quantitative estimate of drug-likeness (QED) is 0.525. The molecule has 4 rings (SSSR count). The van der Waals surface area contributed by atoms with Crippen LogP contribution in [0.25, 0.3) is 0 Å². The number of benzene rings is 3. The van der Waals surface area contributed by atoms with Gasteiger partial charge >= 0.3 is 0 Å². The van der Waals surface area contributed by atoms with E-state index in [1.54, 1.807) is 0 Å². The SMILES string of the molecule is O=C(CC1c2ccccc2Oc2ccccc21)c1ccc(Br)cc1. The van der Waals surface area contributed by atoms with Gasteiger partial charge in [-0.25, -0.2) is 0 Å². The maximum atomic E-state index is 12.8. The molecule has 0 N–H and O–H groups in total. The molecule has 0 atom stereocenters. The number of Topliss-reactive ketones (excluding diaryl/α,β-unsaturated/α-hetero) is 1.